The third-order valence-electron chi connectivity index (χ3n) is 3.99. The quantitative estimate of drug-likeness (QED) is 0.591. The van der Waals surface area contributed by atoms with E-state index < -0.39 is 0 Å². The van der Waals surface area contributed by atoms with Crippen molar-refractivity contribution in [3.63, 3.8) is 0 Å². The number of fused-ring (bicyclic) bond motifs is 1. The fourth-order valence-electron chi connectivity index (χ4n) is 2.45. The Morgan fingerprint density at radius 1 is 1.33 bits per heavy atom. The zero-order valence-corrected chi connectivity index (χ0v) is 12.8. The van der Waals surface area contributed by atoms with E-state index in [1.54, 1.807) is 0 Å². The molecule has 4 nitrogen and oxygen atoms in total. The number of hydrogen-bond donors (Lipinski definition) is 0. The van der Waals surface area contributed by atoms with Crippen LogP contribution in [0.25, 0.3) is 0 Å². The van der Waals surface area contributed by atoms with Crippen LogP contribution in [-0.2, 0) is 4.74 Å². The van der Waals surface area contributed by atoms with Crippen molar-refractivity contribution in [1.29, 1.82) is 0 Å². The monoisotopic (exact) mass is 290 g/mol. The van der Waals surface area contributed by atoms with E-state index in [-0.39, 0.29) is 12.4 Å². The maximum atomic E-state index is 5.72. The number of rotatable bonds is 6. The molecule has 0 spiro atoms. The van der Waals surface area contributed by atoms with E-state index in [1.807, 2.05) is 18.2 Å². The summed E-state index contributed by atoms with van der Waals surface area (Å²) in [6.45, 7) is 7.27. The van der Waals surface area contributed by atoms with Gasteiger partial charge in [-0.3, -0.25) is 0 Å². The Balaban J connectivity index is 1.43. The van der Waals surface area contributed by atoms with Gasteiger partial charge in [0.1, 0.15) is 12.4 Å². The molecule has 0 aliphatic carbocycles. The van der Waals surface area contributed by atoms with E-state index in [4.69, 9.17) is 18.9 Å². The average molecular weight is 290 g/mol. The molecule has 0 aromatic heterocycles. The van der Waals surface area contributed by atoms with Gasteiger partial charge in [-0.15, -0.1) is 0 Å². The van der Waals surface area contributed by atoms with E-state index in [1.165, 1.54) is 5.57 Å². The molecule has 21 heavy (non-hydrogen) atoms. The van der Waals surface area contributed by atoms with E-state index >= 15 is 0 Å². The summed E-state index contributed by atoms with van der Waals surface area (Å²) in [4.78, 5) is 0. The molecule has 1 fully saturated rings. The van der Waals surface area contributed by atoms with Gasteiger partial charge in [-0.2, -0.15) is 0 Å². The van der Waals surface area contributed by atoms with Crippen LogP contribution >= 0.6 is 0 Å². The molecule has 0 bridgehead atoms. The topological polar surface area (TPSA) is 40.2 Å². The van der Waals surface area contributed by atoms with Crippen molar-refractivity contribution in [2.45, 2.75) is 45.3 Å². The van der Waals surface area contributed by atoms with Crippen LogP contribution < -0.4 is 14.2 Å². The molecule has 2 aliphatic rings. The second kappa shape index (κ2) is 5.60. The van der Waals surface area contributed by atoms with Crippen LogP contribution in [0.3, 0.4) is 0 Å². The molecule has 1 aromatic carbocycles. The Morgan fingerprint density at radius 2 is 2.10 bits per heavy atom. The van der Waals surface area contributed by atoms with Crippen LogP contribution in [0, 0.1) is 0 Å². The zero-order valence-electron chi connectivity index (χ0n) is 12.8. The van der Waals surface area contributed by atoms with Crippen LogP contribution in [0.1, 0.15) is 33.6 Å². The molecule has 1 unspecified atom stereocenters. The molecular weight excluding hydrogens is 268 g/mol. The summed E-state index contributed by atoms with van der Waals surface area (Å²) in [5.41, 5.74) is 1.42. The molecule has 1 saturated heterocycles. The first-order chi connectivity index (χ1) is 10.0. The van der Waals surface area contributed by atoms with Crippen molar-refractivity contribution in [3.8, 4) is 17.2 Å². The molecule has 4 heteroatoms. The average Bonchev–Trinajstić information content (AvgIpc) is 2.86. The summed E-state index contributed by atoms with van der Waals surface area (Å²) in [5.74, 6) is 2.33. The summed E-state index contributed by atoms with van der Waals surface area (Å²) in [5, 5.41) is 0. The van der Waals surface area contributed by atoms with Gasteiger partial charge in [0, 0.05) is 6.07 Å². The minimum Gasteiger partial charge on any atom is -0.489 e. The third kappa shape index (κ3) is 3.50. The van der Waals surface area contributed by atoms with Gasteiger partial charge < -0.3 is 18.9 Å². The first-order valence-electron chi connectivity index (χ1n) is 7.40. The fourth-order valence-corrected chi connectivity index (χ4v) is 2.45. The van der Waals surface area contributed by atoms with Crippen LogP contribution in [-0.4, -0.2) is 25.1 Å². The number of benzene rings is 1. The summed E-state index contributed by atoms with van der Waals surface area (Å²) in [6.07, 6.45) is 4.67. The standard InChI is InChI=1S/C17H22O4/c1-12(4-7-16-17(2,3)21-16)8-9-18-13-5-6-14-15(10-13)20-11-19-14/h5-6,8,10,16H,4,7,9,11H2,1-3H3/b12-8+. The van der Waals surface area contributed by atoms with Crippen molar-refractivity contribution in [1.82, 2.24) is 0 Å². The lowest BCUT2D eigenvalue weighted by Crippen LogP contribution is -2.03. The predicted molar refractivity (Wildman–Crippen MR) is 80.0 cm³/mol. The van der Waals surface area contributed by atoms with Gasteiger partial charge in [-0.25, -0.2) is 0 Å². The van der Waals surface area contributed by atoms with Crippen LogP contribution in [0.5, 0.6) is 17.2 Å². The summed E-state index contributed by atoms with van der Waals surface area (Å²) < 4.78 is 21.9. The van der Waals surface area contributed by atoms with E-state index in [0.29, 0.717) is 12.7 Å². The Bertz CT molecular complexity index is 548. The Morgan fingerprint density at radius 3 is 2.86 bits per heavy atom. The number of ether oxygens (including phenoxy) is 4. The van der Waals surface area contributed by atoms with Crippen LogP contribution in [0.15, 0.2) is 29.8 Å². The summed E-state index contributed by atoms with van der Waals surface area (Å²) in [6, 6.07) is 5.64. The maximum absolute atomic E-state index is 5.72. The Kier molecular flexibility index (Phi) is 3.81. The molecule has 0 N–H and O–H groups in total. The lowest BCUT2D eigenvalue weighted by Gasteiger charge is -2.05. The second-order valence-electron chi connectivity index (χ2n) is 6.13. The molecule has 1 atom stereocenters. The molecular formula is C17H22O4. The molecule has 0 amide bonds. The van der Waals surface area contributed by atoms with Crippen LogP contribution in [0.4, 0.5) is 0 Å². The highest BCUT2D eigenvalue weighted by molar-refractivity contribution is 5.46. The normalized spacial score (nSPS) is 22.2. The molecule has 114 valence electrons. The molecule has 0 radical (unpaired) electrons. The largest absolute Gasteiger partial charge is 0.489 e. The van der Waals surface area contributed by atoms with Gasteiger partial charge in [-0.1, -0.05) is 5.57 Å². The highest BCUT2D eigenvalue weighted by atomic mass is 16.7. The fraction of sp³-hybridized carbons (Fsp3) is 0.529. The second-order valence-corrected chi connectivity index (χ2v) is 6.13. The predicted octanol–water partition coefficient (Wildman–Crippen LogP) is 3.70. The first kappa shape index (κ1) is 14.3. The zero-order chi connectivity index (χ0) is 14.9. The molecule has 0 saturated carbocycles. The molecule has 2 heterocycles. The minimum atomic E-state index is 0.0866. The number of hydrogen-bond acceptors (Lipinski definition) is 4. The van der Waals surface area contributed by atoms with Crippen molar-refractivity contribution >= 4 is 0 Å². The Hall–Kier alpha value is -1.68. The number of epoxide rings is 1. The van der Waals surface area contributed by atoms with E-state index in [0.717, 1.165) is 30.1 Å². The van der Waals surface area contributed by atoms with E-state index in [2.05, 4.69) is 26.8 Å². The lowest BCUT2D eigenvalue weighted by molar-refractivity contribution is 0.174. The Labute approximate surface area is 125 Å². The number of allylic oxidation sites excluding steroid dienone is 1. The van der Waals surface area contributed by atoms with Gasteiger partial charge in [0.2, 0.25) is 6.79 Å². The minimum absolute atomic E-state index is 0.0866. The summed E-state index contributed by atoms with van der Waals surface area (Å²) >= 11 is 0. The van der Waals surface area contributed by atoms with Gasteiger partial charge in [-0.05, 0) is 51.8 Å². The van der Waals surface area contributed by atoms with Gasteiger partial charge >= 0.3 is 0 Å². The third-order valence-corrected chi connectivity index (χ3v) is 3.99. The van der Waals surface area contributed by atoms with Crippen molar-refractivity contribution in [3.05, 3.63) is 29.8 Å². The molecule has 2 aliphatic heterocycles. The highest BCUT2D eigenvalue weighted by Gasteiger charge is 2.46. The van der Waals surface area contributed by atoms with Gasteiger partial charge in [0.25, 0.3) is 0 Å². The van der Waals surface area contributed by atoms with Gasteiger partial charge in [0.05, 0.1) is 11.7 Å². The molecule has 3 rings (SSSR count). The van der Waals surface area contributed by atoms with Gasteiger partial charge in [0.15, 0.2) is 11.5 Å². The van der Waals surface area contributed by atoms with E-state index in [9.17, 15) is 0 Å². The highest BCUT2D eigenvalue weighted by Crippen LogP contribution is 2.39. The SMILES string of the molecule is C/C(=C\COc1ccc2c(c1)OCO2)CCC1OC1(C)C. The smallest absolute Gasteiger partial charge is 0.231 e. The lowest BCUT2D eigenvalue weighted by atomic mass is 10.0. The van der Waals surface area contributed by atoms with Crippen molar-refractivity contribution in [2.24, 2.45) is 0 Å². The first-order valence-corrected chi connectivity index (χ1v) is 7.40. The van der Waals surface area contributed by atoms with Crippen molar-refractivity contribution in [2.75, 3.05) is 13.4 Å². The van der Waals surface area contributed by atoms with Crippen molar-refractivity contribution < 1.29 is 18.9 Å². The summed E-state index contributed by atoms with van der Waals surface area (Å²) in [7, 11) is 0. The van der Waals surface area contributed by atoms with Crippen LogP contribution in [0.2, 0.25) is 0 Å². The molecule has 1 aromatic rings. The maximum Gasteiger partial charge on any atom is 0.231 e.